The molecule has 160 valence electrons. The molecule has 0 aliphatic heterocycles. The molecule has 0 aliphatic rings. The number of aryl methyl sites for hydroxylation is 1. The summed E-state index contributed by atoms with van der Waals surface area (Å²) in [6, 6.07) is 23.3. The van der Waals surface area contributed by atoms with Crippen molar-refractivity contribution in [1.29, 1.82) is 5.26 Å². The molecule has 0 saturated heterocycles. The van der Waals surface area contributed by atoms with Gasteiger partial charge in [0.15, 0.2) is 0 Å². The minimum absolute atomic E-state index is 0.325. The molecule has 3 aromatic carbocycles. The number of ether oxygens (including phenoxy) is 2. The van der Waals surface area contributed by atoms with Crippen LogP contribution < -0.4 is 4.74 Å². The molecular formula is C26H22ClN3O2. The van der Waals surface area contributed by atoms with Crippen LogP contribution in [0.1, 0.15) is 28.5 Å². The lowest BCUT2D eigenvalue weighted by Gasteiger charge is -2.20. The van der Waals surface area contributed by atoms with Crippen LogP contribution in [0.15, 0.2) is 79.3 Å². The zero-order chi connectivity index (χ0) is 22.5. The first-order chi connectivity index (χ1) is 15.6. The fourth-order valence-electron chi connectivity index (χ4n) is 3.61. The van der Waals surface area contributed by atoms with Gasteiger partial charge in [0.25, 0.3) is 0 Å². The predicted molar refractivity (Wildman–Crippen MR) is 124 cm³/mol. The van der Waals surface area contributed by atoms with Gasteiger partial charge in [-0.25, -0.2) is 4.98 Å². The Balaban J connectivity index is 1.70. The van der Waals surface area contributed by atoms with E-state index in [0.717, 1.165) is 33.7 Å². The molecule has 6 heteroatoms. The molecular weight excluding hydrogens is 422 g/mol. The Labute approximate surface area is 192 Å². The van der Waals surface area contributed by atoms with Crippen LogP contribution in [0.2, 0.25) is 5.02 Å². The van der Waals surface area contributed by atoms with Crippen molar-refractivity contribution in [2.24, 2.45) is 7.05 Å². The number of hydrogen-bond acceptors (Lipinski definition) is 4. The first-order valence-electron chi connectivity index (χ1n) is 10.1. The highest BCUT2D eigenvalue weighted by Gasteiger charge is 2.19. The van der Waals surface area contributed by atoms with E-state index >= 15 is 0 Å². The molecule has 4 rings (SSSR count). The van der Waals surface area contributed by atoms with Gasteiger partial charge in [0.1, 0.15) is 11.9 Å². The van der Waals surface area contributed by atoms with Gasteiger partial charge in [-0.2, -0.15) is 5.26 Å². The molecule has 1 unspecified atom stereocenters. The molecule has 0 N–H and O–H groups in total. The molecule has 0 bridgehead atoms. The van der Waals surface area contributed by atoms with Crippen molar-refractivity contribution in [3.63, 3.8) is 0 Å². The third kappa shape index (κ3) is 4.67. The summed E-state index contributed by atoms with van der Waals surface area (Å²) in [7, 11) is 3.58. The summed E-state index contributed by atoms with van der Waals surface area (Å²) in [5, 5.41) is 10.1. The maximum atomic E-state index is 9.42. The van der Waals surface area contributed by atoms with E-state index in [1.807, 2.05) is 78.3 Å². The largest absolute Gasteiger partial charge is 0.497 e. The van der Waals surface area contributed by atoms with Gasteiger partial charge in [0.2, 0.25) is 0 Å². The Hall–Kier alpha value is -3.59. The molecule has 0 fully saturated rings. The van der Waals surface area contributed by atoms with Gasteiger partial charge in [-0.1, -0.05) is 41.9 Å². The van der Waals surface area contributed by atoms with Crippen LogP contribution in [0.4, 0.5) is 0 Å². The Morgan fingerprint density at radius 2 is 1.91 bits per heavy atom. The number of nitriles is 1. The Bertz CT molecular complexity index is 1260. The van der Waals surface area contributed by atoms with Gasteiger partial charge in [-0.3, -0.25) is 0 Å². The molecule has 5 nitrogen and oxygen atoms in total. The van der Waals surface area contributed by atoms with Crippen LogP contribution in [0, 0.1) is 11.3 Å². The van der Waals surface area contributed by atoms with Gasteiger partial charge < -0.3 is 14.0 Å². The number of benzene rings is 3. The molecule has 0 aliphatic carbocycles. The summed E-state index contributed by atoms with van der Waals surface area (Å²) < 4.78 is 13.8. The number of imidazole rings is 1. The van der Waals surface area contributed by atoms with Crippen LogP contribution in [0.3, 0.4) is 0 Å². The number of rotatable bonds is 7. The summed E-state index contributed by atoms with van der Waals surface area (Å²) in [6.45, 7) is 0.344. The molecule has 0 radical (unpaired) electrons. The van der Waals surface area contributed by atoms with E-state index in [-0.39, 0.29) is 6.10 Å². The van der Waals surface area contributed by atoms with E-state index in [0.29, 0.717) is 17.2 Å². The third-order valence-electron chi connectivity index (χ3n) is 5.32. The number of nitrogens with zero attached hydrogens (tertiary/aromatic N) is 3. The number of methoxy groups -OCH3 is 1. The average molecular weight is 444 g/mol. The summed E-state index contributed by atoms with van der Waals surface area (Å²) >= 11 is 6.09. The first kappa shape index (κ1) is 21.6. The molecule has 4 aromatic rings. The monoisotopic (exact) mass is 443 g/mol. The second-order valence-electron chi connectivity index (χ2n) is 7.39. The highest BCUT2D eigenvalue weighted by atomic mass is 35.5. The van der Waals surface area contributed by atoms with Crippen LogP contribution in [-0.4, -0.2) is 16.7 Å². The molecule has 1 atom stereocenters. The van der Waals surface area contributed by atoms with Crippen molar-refractivity contribution in [2.75, 3.05) is 7.11 Å². The zero-order valence-corrected chi connectivity index (χ0v) is 18.6. The first-order valence-corrected chi connectivity index (χ1v) is 10.5. The average Bonchev–Trinajstić information content (AvgIpc) is 3.26. The van der Waals surface area contributed by atoms with E-state index in [1.54, 1.807) is 19.6 Å². The van der Waals surface area contributed by atoms with Crippen molar-refractivity contribution < 1.29 is 9.47 Å². The second kappa shape index (κ2) is 9.69. The minimum Gasteiger partial charge on any atom is -0.497 e. The minimum atomic E-state index is -0.325. The van der Waals surface area contributed by atoms with Crippen molar-refractivity contribution in [3.8, 4) is 22.9 Å². The normalized spacial score (nSPS) is 11.7. The Morgan fingerprint density at radius 1 is 1.09 bits per heavy atom. The smallest absolute Gasteiger partial charge is 0.124 e. The molecule has 1 aromatic heterocycles. The summed E-state index contributed by atoms with van der Waals surface area (Å²) in [4.78, 5) is 4.25. The van der Waals surface area contributed by atoms with Gasteiger partial charge >= 0.3 is 0 Å². The quantitative estimate of drug-likeness (QED) is 0.355. The van der Waals surface area contributed by atoms with E-state index < -0.39 is 0 Å². The second-order valence-corrected chi connectivity index (χ2v) is 7.82. The standard InChI is InChI=1S/C26H22ClN3O2/c1-30-17-29-15-25(30)26(19-8-10-22(27)11-9-19)32-16-21-7-6-18(14-28)12-24(21)20-4-3-5-23(13-20)31-2/h3-13,15,17,26H,16H2,1-2H3. The fourth-order valence-corrected chi connectivity index (χ4v) is 3.74. The van der Waals surface area contributed by atoms with Crippen molar-refractivity contribution in [2.45, 2.75) is 12.7 Å². The molecule has 1 heterocycles. The lowest BCUT2D eigenvalue weighted by Crippen LogP contribution is -2.11. The van der Waals surface area contributed by atoms with Crippen LogP contribution in [0.5, 0.6) is 5.75 Å². The highest BCUT2D eigenvalue weighted by molar-refractivity contribution is 6.30. The van der Waals surface area contributed by atoms with Crippen molar-refractivity contribution >= 4 is 11.6 Å². The summed E-state index contributed by atoms with van der Waals surface area (Å²) in [5.74, 6) is 0.755. The summed E-state index contributed by atoms with van der Waals surface area (Å²) in [6.07, 6.45) is 3.24. The topological polar surface area (TPSA) is 60.1 Å². The van der Waals surface area contributed by atoms with E-state index in [1.165, 1.54) is 0 Å². The Morgan fingerprint density at radius 3 is 2.59 bits per heavy atom. The molecule has 32 heavy (non-hydrogen) atoms. The van der Waals surface area contributed by atoms with E-state index in [4.69, 9.17) is 21.1 Å². The maximum absolute atomic E-state index is 9.42. The number of aromatic nitrogens is 2. The third-order valence-corrected chi connectivity index (χ3v) is 5.57. The molecule has 0 amide bonds. The van der Waals surface area contributed by atoms with E-state index in [2.05, 4.69) is 11.1 Å². The van der Waals surface area contributed by atoms with Gasteiger partial charge in [-0.05, 0) is 58.7 Å². The van der Waals surface area contributed by atoms with Gasteiger partial charge in [0.05, 0.1) is 43.6 Å². The van der Waals surface area contributed by atoms with Crippen LogP contribution in [-0.2, 0) is 18.4 Å². The maximum Gasteiger partial charge on any atom is 0.124 e. The fraction of sp³-hybridized carbons (Fsp3) is 0.154. The predicted octanol–water partition coefficient (Wildman–Crippen LogP) is 5.93. The molecule has 0 spiro atoms. The Kier molecular flexibility index (Phi) is 6.55. The van der Waals surface area contributed by atoms with Gasteiger partial charge in [-0.15, -0.1) is 0 Å². The number of hydrogen-bond donors (Lipinski definition) is 0. The van der Waals surface area contributed by atoms with Crippen molar-refractivity contribution in [1.82, 2.24) is 9.55 Å². The van der Waals surface area contributed by atoms with Crippen LogP contribution in [0.25, 0.3) is 11.1 Å². The highest BCUT2D eigenvalue weighted by Crippen LogP contribution is 2.32. The molecule has 0 saturated carbocycles. The van der Waals surface area contributed by atoms with E-state index in [9.17, 15) is 5.26 Å². The zero-order valence-electron chi connectivity index (χ0n) is 17.8. The summed E-state index contributed by atoms with van der Waals surface area (Å²) in [5.41, 5.74) is 5.37. The number of halogens is 1. The SMILES string of the molecule is COc1cccc(-c2cc(C#N)ccc2COC(c2ccc(Cl)cc2)c2cncn2C)c1. The lowest BCUT2D eigenvalue weighted by atomic mass is 9.97. The van der Waals surface area contributed by atoms with Crippen LogP contribution >= 0.6 is 11.6 Å². The van der Waals surface area contributed by atoms with Crippen molar-refractivity contribution in [3.05, 3.63) is 107 Å². The lowest BCUT2D eigenvalue weighted by molar-refractivity contribution is 0.0624. The van der Waals surface area contributed by atoms with Gasteiger partial charge in [0, 0.05) is 12.1 Å².